The zero-order valence-corrected chi connectivity index (χ0v) is 15.9. The summed E-state index contributed by atoms with van der Waals surface area (Å²) < 4.78 is 16.7. The van der Waals surface area contributed by atoms with E-state index in [-0.39, 0.29) is 11.5 Å². The number of hydrogen-bond donors (Lipinski definition) is 1. The summed E-state index contributed by atoms with van der Waals surface area (Å²) in [5.41, 5.74) is 1.09. The largest absolute Gasteiger partial charge is 0.497 e. The molecule has 0 aliphatic heterocycles. The number of aryl methyl sites for hydroxylation is 1. The van der Waals surface area contributed by atoms with E-state index in [0.29, 0.717) is 44.0 Å². The van der Waals surface area contributed by atoms with E-state index >= 15 is 0 Å². The van der Waals surface area contributed by atoms with Gasteiger partial charge in [0.15, 0.2) is 5.75 Å². The fourth-order valence-electron chi connectivity index (χ4n) is 2.51. The first-order valence-corrected chi connectivity index (χ1v) is 8.65. The van der Waals surface area contributed by atoms with Crippen LogP contribution in [0.5, 0.6) is 11.5 Å². The molecule has 1 aromatic heterocycles. The predicted molar refractivity (Wildman–Crippen MR) is 101 cm³/mol. The van der Waals surface area contributed by atoms with E-state index in [0.717, 1.165) is 11.3 Å². The predicted octanol–water partition coefficient (Wildman–Crippen LogP) is 1.47. The van der Waals surface area contributed by atoms with Crippen molar-refractivity contribution in [3.05, 3.63) is 40.7 Å². The summed E-state index contributed by atoms with van der Waals surface area (Å²) in [6.45, 7) is 1.28. The van der Waals surface area contributed by atoms with Crippen LogP contribution in [-0.4, -0.2) is 50.2 Å². The van der Waals surface area contributed by atoms with Crippen LogP contribution in [0.3, 0.4) is 0 Å². The fourth-order valence-corrected chi connectivity index (χ4v) is 2.51. The van der Waals surface area contributed by atoms with E-state index in [1.807, 2.05) is 24.3 Å². The number of rotatable bonds is 10. The summed E-state index contributed by atoms with van der Waals surface area (Å²) in [5, 5.41) is 7.17. The Balaban J connectivity index is 2.10. The first-order valence-electron chi connectivity index (χ1n) is 8.65. The summed E-state index contributed by atoms with van der Waals surface area (Å²) in [6.07, 6.45) is 0.807. The summed E-state index contributed by atoms with van der Waals surface area (Å²) in [5.74, 6) is 1.05. The minimum Gasteiger partial charge on any atom is -0.497 e. The van der Waals surface area contributed by atoms with Gasteiger partial charge in [0.2, 0.25) is 5.91 Å². The Morgan fingerprint density at radius 2 is 1.89 bits per heavy atom. The summed E-state index contributed by atoms with van der Waals surface area (Å²) in [6, 6.07) is 8.74. The number of amides is 1. The lowest BCUT2D eigenvalue weighted by molar-refractivity contribution is -0.121. The number of methoxy groups -OCH3 is 3. The Hall–Kier alpha value is -2.87. The molecule has 8 nitrogen and oxygen atoms in total. The average molecular weight is 375 g/mol. The number of hydrogen-bond acceptors (Lipinski definition) is 6. The van der Waals surface area contributed by atoms with Crippen molar-refractivity contribution in [2.45, 2.75) is 19.4 Å². The molecule has 0 saturated carbocycles. The minimum atomic E-state index is -0.274. The molecule has 0 bridgehead atoms. The van der Waals surface area contributed by atoms with Gasteiger partial charge in [0.25, 0.3) is 5.56 Å². The van der Waals surface area contributed by atoms with Crippen LogP contribution in [0, 0.1) is 0 Å². The van der Waals surface area contributed by atoms with Crippen LogP contribution in [0.2, 0.25) is 0 Å². The second-order valence-corrected chi connectivity index (χ2v) is 5.80. The molecule has 146 valence electrons. The molecule has 0 aliphatic rings. The molecule has 1 amide bonds. The van der Waals surface area contributed by atoms with Crippen molar-refractivity contribution in [1.82, 2.24) is 15.1 Å². The lowest BCUT2D eigenvalue weighted by atomic mass is 10.1. The highest BCUT2D eigenvalue weighted by Crippen LogP contribution is 2.27. The van der Waals surface area contributed by atoms with Gasteiger partial charge in [0, 0.05) is 38.2 Å². The van der Waals surface area contributed by atoms with Gasteiger partial charge in [-0.25, -0.2) is 4.68 Å². The van der Waals surface area contributed by atoms with E-state index < -0.39 is 0 Å². The summed E-state index contributed by atoms with van der Waals surface area (Å²) >= 11 is 0. The summed E-state index contributed by atoms with van der Waals surface area (Å²) in [7, 11) is 4.67. The Kier molecular flexibility index (Phi) is 7.81. The van der Waals surface area contributed by atoms with Crippen molar-refractivity contribution in [2.75, 3.05) is 34.5 Å². The minimum absolute atomic E-state index is 0.0796. The Labute approximate surface area is 158 Å². The van der Waals surface area contributed by atoms with Gasteiger partial charge in [-0.3, -0.25) is 9.59 Å². The molecule has 0 atom stereocenters. The van der Waals surface area contributed by atoms with Crippen LogP contribution in [-0.2, 0) is 16.1 Å². The molecule has 2 aromatic rings. The molecule has 1 N–H and O–H groups in total. The van der Waals surface area contributed by atoms with Crippen molar-refractivity contribution in [1.29, 1.82) is 0 Å². The van der Waals surface area contributed by atoms with Gasteiger partial charge in [-0.1, -0.05) is 0 Å². The van der Waals surface area contributed by atoms with E-state index in [1.54, 1.807) is 14.2 Å². The molecule has 2 rings (SSSR count). The molecule has 1 heterocycles. The molecule has 0 radical (unpaired) electrons. The smallest absolute Gasteiger partial charge is 0.270 e. The highest BCUT2D eigenvalue weighted by Gasteiger charge is 2.12. The number of nitrogens with one attached hydrogen (secondary N) is 1. The number of nitrogens with zero attached hydrogens (tertiary/aromatic N) is 2. The number of carbonyl (C=O) groups is 1. The van der Waals surface area contributed by atoms with Crippen LogP contribution >= 0.6 is 0 Å². The van der Waals surface area contributed by atoms with Crippen molar-refractivity contribution >= 4 is 5.91 Å². The number of aromatic nitrogens is 2. The standard InChI is InChI=1S/C19H25N3O5/c1-25-12-10-20-17(23)5-4-11-22-18(24)13-16(27-3)19(21-22)14-6-8-15(26-2)9-7-14/h6-9,13H,4-5,10-12H2,1-3H3,(H,20,23). The van der Waals surface area contributed by atoms with Gasteiger partial charge < -0.3 is 19.5 Å². The van der Waals surface area contributed by atoms with Crippen LogP contribution < -0.4 is 20.3 Å². The monoisotopic (exact) mass is 375 g/mol. The third kappa shape index (κ3) is 5.82. The normalized spacial score (nSPS) is 10.5. The molecular formula is C19H25N3O5. The second-order valence-electron chi connectivity index (χ2n) is 5.80. The topological polar surface area (TPSA) is 91.7 Å². The lowest BCUT2D eigenvalue weighted by Crippen LogP contribution is -2.28. The average Bonchev–Trinajstić information content (AvgIpc) is 2.69. The van der Waals surface area contributed by atoms with Crippen molar-refractivity contribution in [2.24, 2.45) is 0 Å². The number of benzene rings is 1. The van der Waals surface area contributed by atoms with Gasteiger partial charge in [0.05, 0.1) is 20.8 Å². The maximum absolute atomic E-state index is 12.3. The molecule has 0 unspecified atom stereocenters. The number of ether oxygens (including phenoxy) is 3. The quantitative estimate of drug-likeness (QED) is 0.633. The van der Waals surface area contributed by atoms with Crippen molar-refractivity contribution in [3.63, 3.8) is 0 Å². The molecular weight excluding hydrogens is 350 g/mol. The number of carbonyl (C=O) groups excluding carboxylic acids is 1. The Bertz CT molecular complexity index is 802. The highest BCUT2D eigenvalue weighted by molar-refractivity contribution is 5.75. The molecule has 1 aromatic carbocycles. The first kappa shape index (κ1) is 20.4. The molecule has 0 fully saturated rings. The molecule has 8 heteroatoms. The van der Waals surface area contributed by atoms with Crippen molar-refractivity contribution < 1.29 is 19.0 Å². The zero-order chi connectivity index (χ0) is 19.6. The first-order chi connectivity index (χ1) is 13.1. The van der Waals surface area contributed by atoms with Gasteiger partial charge in [-0.15, -0.1) is 0 Å². The lowest BCUT2D eigenvalue weighted by Gasteiger charge is -2.12. The third-order valence-electron chi connectivity index (χ3n) is 3.95. The Morgan fingerprint density at radius 1 is 1.15 bits per heavy atom. The SMILES string of the molecule is COCCNC(=O)CCCn1nc(-c2ccc(OC)cc2)c(OC)cc1=O. The van der Waals surface area contributed by atoms with Crippen LogP contribution in [0.4, 0.5) is 0 Å². The maximum Gasteiger partial charge on any atom is 0.270 e. The van der Waals surface area contributed by atoms with Crippen molar-refractivity contribution in [3.8, 4) is 22.8 Å². The van der Waals surface area contributed by atoms with Crippen LogP contribution in [0.25, 0.3) is 11.3 Å². The second kappa shape index (κ2) is 10.3. The third-order valence-corrected chi connectivity index (χ3v) is 3.95. The molecule has 0 aliphatic carbocycles. The van der Waals surface area contributed by atoms with E-state index in [9.17, 15) is 9.59 Å². The summed E-state index contributed by atoms with van der Waals surface area (Å²) in [4.78, 5) is 24.0. The molecule has 27 heavy (non-hydrogen) atoms. The highest BCUT2D eigenvalue weighted by atomic mass is 16.5. The van der Waals surface area contributed by atoms with Gasteiger partial charge in [0.1, 0.15) is 11.4 Å². The van der Waals surface area contributed by atoms with Gasteiger partial charge in [-0.2, -0.15) is 5.10 Å². The van der Waals surface area contributed by atoms with E-state index in [2.05, 4.69) is 10.4 Å². The van der Waals surface area contributed by atoms with E-state index in [4.69, 9.17) is 14.2 Å². The maximum atomic E-state index is 12.3. The molecule has 0 spiro atoms. The van der Waals surface area contributed by atoms with Crippen LogP contribution in [0.1, 0.15) is 12.8 Å². The van der Waals surface area contributed by atoms with Crippen LogP contribution in [0.15, 0.2) is 35.1 Å². The Morgan fingerprint density at radius 3 is 2.52 bits per heavy atom. The zero-order valence-electron chi connectivity index (χ0n) is 15.9. The molecule has 0 saturated heterocycles. The van der Waals surface area contributed by atoms with E-state index in [1.165, 1.54) is 17.9 Å². The fraction of sp³-hybridized carbons (Fsp3) is 0.421. The van der Waals surface area contributed by atoms with Gasteiger partial charge in [-0.05, 0) is 30.7 Å². The van der Waals surface area contributed by atoms with Gasteiger partial charge >= 0.3 is 0 Å².